The molecule has 4 aromatic rings. The Labute approximate surface area is 189 Å². The van der Waals surface area contributed by atoms with Gasteiger partial charge in [0.1, 0.15) is 11.6 Å². The maximum absolute atomic E-state index is 13.9. The highest BCUT2D eigenvalue weighted by atomic mass is 32.2. The van der Waals surface area contributed by atoms with Gasteiger partial charge in [-0.3, -0.25) is 4.79 Å². The van der Waals surface area contributed by atoms with Crippen LogP contribution in [0, 0.1) is 12.7 Å². The molecule has 10 heteroatoms. The zero-order valence-electron chi connectivity index (χ0n) is 17.9. The normalized spacial score (nSPS) is 11.5. The van der Waals surface area contributed by atoms with Crippen molar-refractivity contribution in [2.75, 3.05) is 16.9 Å². The molecule has 0 atom stereocenters. The van der Waals surface area contributed by atoms with Crippen molar-refractivity contribution in [2.45, 2.75) is 18.4 Å². The third-order valence-electron chi connectivity index (χ3n) is 4.99. The van der Waals surface area contributed by atoms with E-state index in [1.807, 2.05) is 12.1 Å². The van der Waals surface area contributed by atoms with Gasteiger partial charge in [-0.25, -0.2) is 17.8 Å². The van der Waals surface area contributed by atoms with Crippen LogP contribution in [0.3, 0.4) is 0 Å². The van der Waals surface area contributed by atoms with Crippen LogP contribution in [0.4, 0.5) is 15.9 Å². The molecule has 0 bridgehead atoms. The third-order valence-corrected chi connectivity index (χ3v) is 6.12. The molecule has 1 amide bonds. The van der Waals surface area contributed by atoms with Crippen molar-refractivity contribution < 1.29 is 17.6 Å². The van der Waals surface area contributed by atoms with Gasteiger partial charge < -0.3 is 10.6 Å². The molecule has 0 saturated heterocycles. The fourth-order valence-corrected chi connectivity index (χ4v) is 4.27. The van der Waals surface area contributed by atoms with Gasteiger partial charge in [0.05, 0.1) is 28.3 Å². The molecule has 33 heavy (non-hydrogen) atoms. The Morgan fingerprint density at radius 2 is 1.79 bits per heavy atom. The summed E-state index contributed by atoms with van der Waals surface area (Å²) in [6.07, 6.45) is 0.961. The Morgan fingerprint density at radius 1 is 1.03 bits per heavy atom. The Hall–Kier alpha value is -3.92. The predicted octanol–water partition coefficient (Wildman–Crippen LogP) is 3.31. The molecule has 2 N–H and O–H groups in total. The quantitative estimate of drug-likeness (QED) is 0.480. The molecule has 0 unspecified atom stereocenters. The van der Waals surface area contributed by atoms with Gasteiger partial charge >= 0.3 is 0 Å². The van der Waals surface area contributed by atoms with Gasteiger partial charge in [-0.2, -0.15) is 5.10 Å². The van der Waals surface area contributed by atoms with E-state index in [0.717, 1.165) is 23.8 Å². The molecule has 2 aromatic carbocycles. The minimum Gasteiger partial charge on any atom is -0.384 e. The smallest absolute Gasteiger partial charge is 0.279 e. The van der Waals surface area contributed by atoms with Gasteiger partial charge in [0, 0.05) is 11.6 Å². The summed E-state index contributed by atoms with van der Waals surface area (Å²) in [5, 5.41) is 8.72. The molecule has 0 aliphatic rings. The first kappa shape index (κ1) is 22.3. The average Bonchev–Trinajstić information content (AvgIpc) is 2.77. The zero-order chi connectivity index (χ0) is 23.8. The number of hydrogen-bond donors (Lipinski definition) is 1. The second-order valence-corrected chi connectivity index (χ2v) is 9.58. The molecule has 0 aliphatic heterocycles. The average molecular weight is 466 g/mol. The summed E-state index contributed by atoms with van der Waals surface area (Å²) in [5.41, 5.74) is 7.75. The number of anilines is 2. The van der Waals surface area contributed by atoms with Crippen LogP contribution < -0.4 is 10.6 Å². The maximum Gasteiger partial charge on any atom is 0.279 e. The molecular formula is C23H20FN5O3S. The summed E-state index contributed by atoms with van der Waals surface area (Å²) in [7, 11) is -3.85. The topological polar surface area (TPSA) is 119 Å². The number of hydrogen-bond acceptors (Lipinski definition) is 7. The number of sulfone groups is 1. The first-order chi connectivity index (χ1) is 15.6. The third kappa shape index (κ3) is 4.80. The fourth-order valence-electron chi connectivity index (χ4n) is 3.39. The standard InChI is InChI=1S/C23H20FN5O3S/c1-14-3-8-18(28-27-14)23(30)29(20-9-7-17(24)12-21(20)33(2,31)32)13-15-4-5-16-6-10-22(25)26-19(16)11-15/h3-12H,13H2,1-2H3,(H2,25,26). The predicted molar refractivity (Wildman–Crippen MR) is 123 cm³/mol. The molecule has 168 valence electrons. The molecule has 0 spiro atoms. The van der Waals surface area contributed by atoms with Crippen molar-refractivity contribution in [3.8, 4) is 0 Å². The molecule has 8 nitrogen and oxygen atoms in total. The van der Waals surface area contributed by atoms with Crippen LogP contribution in [-0.2, 0) is 16.4 Å². The van der Waals surface area contributed by atoms with Crippen LogP contribution in [0.1, 0.15) is 21.7 Å². The van der Waals surface area contributed by atoms with Crippen LogP contribution in [0.25, 0.3) is 10.9 Å². The number of nitrogens with two attached hydrogens (primary N) is 1. The molecule has 0 fully saturated rings. The van der Waals surface area contributed by atoms with E-state index in [1.54, 1.807) is 31.2 Å². The second-order valence-electron chi connectivity index (χ2n) is 7.60. The Bertz CT molecular complexity index is 1470. The monoisotopic (exact) mass is 465 g/mol. The highest BCUT2D eigenvalue weighted by Crippen LogP contribution is 2.29. The highest BCUT2D eigenvalue weighted by Gasteiger charge is 2.26. The zero-order valence-corrected chi connectivity index (χ0v) is 18.7. The summed E-state index contributed by atoms with van der Waals surface area (Å²) in [5.74, 6) is -0.966. The first-order valence-electron chi connectivity index (χ1n) is 9.89. The summed E-state index contributed by atoms with van der Waals surface area (Å²) >= 11 is 0. The van der Waals surface area contributed by atoms with Gasteiger partial charge in [-0.15, -0.1) is 5.10 Å². The van der Waals surface area contributed by atoms with Crippen molar-refractivity contribution in [1.82, 2.24) is 15.2 Å². The number of nitrogen functional groups attached to an aromatic ring is 1. The number of nitrogens with zero attached hydrogens (tertiary/aromatic N) is 4. The number of amides is 1. The molecule has 2 heterocycles. The number of carbonyl (C=O) groups excluding carboxylic acids is 1. The minimum atomic E-state index is -3.85. The largest absolute Gasteiger partial charge is 0.384 e. The van der Waals surface area contributed by atoms with Gasteiger partial charge in [0.15, 0.2) is 15.5 Å². The molecule has 0 saturated carbocycles. The highest BCUT2D eigenvalue weighted by molar-refractivity contribution is 7.90. The van der Waals surface area contributed by atoms with Crippen molar-refractivity contribution in [1.29, 1.82) is 0 Å². The van der Waals surface area contributed by atoms with E-state index in [1.165, 1.54) is 17.0 Å². The summed E-state index contributed by atoms with van der Waals surface area (Å²) in [4.78, 5) is 18.7. The molecule has 0 aliphatic carbocycles. The molecule has 2 aromatic heterocycles. The Kier molecular flexibility index (Phi) is 5.77. The number of halogens is 1. The van der Waals surface area contributed by atoms with E-state index in [2.05, 4.69) is 15.2 Å². The number of benzene rings is 2. The van der Waals surface area contributed by atoms with E-state index < -0.39 is 21.6 Å². The lowest BCUT2D eigenvalue weighted by Crippen LogP contribution is -2.32. The van der Waals surface area contributed by atoms with E-state index in [0.29, 0.717) is 22.6 Å². The van der Waals surface area contributed by atoms with Gasteiger partial charge in [0.2, 0.25) is 0 Å². The summed E-state index contributed by atoms with van der Waals surface area (Å²) in [6, 6.07) is 15.3. The lowest BCUT2D eigenvalue weighted by atomic mass is 10.1. The van der Waals surface area contributed by atoms with Crippen LogP contribution >= 0.6 is 0 Å². The maximum atomic E-state index is 13.9. The number of fused-ring (bicyclic) bond motifs is 1. The summed E-state index contributed by atoms with van der Waals surface area (Å²) < 4.78 is 38.8. The van der Waals surface area contributed by atoms with E-state index >= 15 is 0 Å². The van der Waals surface area contributed by atoms with E-state index in [9.17, 15) is 17.6 Å². The van der Waals surface area contributed by atoms with Crippen molar-refractivity contribution in [3.63, 3.8) is 0 Å². The number of aromatic nitrogens is 3. The number of aryl methyl sites for hydroxylation is 1. The van der Waals surface area contributed by atoms with Crippen LogP contribution in [-0.4, -0.2) is 35.8 Å². The van der Waals surface area contributed by atoms with Crippen LogP contribution in [0.2, 0.25) is 0 Å². The van der Waals surface area contributed by atoms with Gasteiger partial charge in [-0.1, -0.05) is 12.1 Å². The number of rotatable bonds is 5. The van der Waals surface area contributed by atoms with Crippen molar-refractivity contribution in [3.05, 3.63) is 83.4 Å². The lowest BCUT2D eigenvalue weighted by Gasteiger charge is -2.25. The van der Waals surface area contributed by atoms with Crippen LogP contribution in [0.5, 0.6) is 0 Å². The lowest BCUT2D eigenvalue weighted by molar-refractivity contribution is 0.0978. The van der Waals surface area contributed by atoms with Crippen molar-refractivity contribution >= 4 is 38.2 Å². The van der Waals surface area contributed by atoms with Gasteiger partial charge in [-0.05, 0) is 61.0 Å². The molecule has 4 rings (SSSR count). The second kappa shape index (κ2) is 8.55. The first-order valence-corrected chi connectivity index (χ1v) is 11.8. The van der Waals surface area contributed by atoms with Crippen molar-refractivity contribution in [2.24, 2.45) is 0 Å². The fraction of sp³-hybridized carbons (Fsp3) is 0.130. The number of pyridine rings is 1. The molecule has 0 radical (unpaired) electrons. The van der Waals surface area contributed by atoms with Crippen LogP contribution in [0.15, 0.2) is 65.6 Å². The van der Waals surface area contributed by atoms with Gasteiger partial charge in [0.25, 0.3) is 5.91 Å². The SMILES string of the molecule is Cc1ccc(C(=O)N(Cc2ccc3ccc(N)nc3c2)c2ccc(F)cc2S(C)(=O)=O)nn1. The minimum absolute atomic E-state index is 0.0189. The number of carbonyl (C=O) groups is 1. The Balaban J connectivity index is 1.85. The van der Waals surface area contributed by atoms with E-state index in [-0.39, 0.29) is 22.8 Å². The summed E-state index contributed by atoms with van der Waals surface area (Å²) in [6.45, 7) is 1.71. The Morgan fingerprint density at radius 3 is 2.48 bits per heavy atom. The molecular weight excluding hydrogens is 445 g/mol. The van der Waals surface area contributed by atoms with E-state index in [4.69, 9.17) is 5.73 Å².